The van der Waals surface area contributed by atoms with Crippen LogP contribution in [0.3, 0.4) is 0 Å². The van der Waals surface area contributed by atoms with Crippen LogP contribution in [-0.2, 0) is 21.4 Å². The molecule has 2 N–H and O–H groups in total. The van der Waals surface area contributed by atoms with Gasteiger partial charge < -0.3 is 14.1 Å². The number of amides is 1. The fraction of sp³-hybridized carbons (Fsp3) is 0.263. The predicted octanol–water partition coefficient (Wildman–Crippen LogP) is 1.09. The van der Waals surface area contributed by atoms with Crippen molar-refractivity contribution in [1.82, 2.24) is 9.47 Å². The summed E-state index contributed by atoms with van der Waals surface area (Å²) in [6, 6.07) is 11.4. The largest absolute Gasteiger partial charge is 0.492 e. The number of hydrogen-bond donors (Lipinski definition) is 1. The maximum Gasteiger partial charge on any atom is 0.420 e. The summed E-state index contributed by atoms with van der Waals surface area (Å²) in [6.07, 6.45) is 0. The van der Waals surface area contributed by atoms with Crippen molar-refractivity contribution in [3.8, 4) is 5.75 Å². The number of benzene rings is 2. The van der Waals surface area contributed by atoms with E-state index in [1.807, 2.05) is 31.2 Å². The van der Waals surface area contributed by atoms with Crippen molar-refractivity contribution in [2.45, 2.75) is 18.4 Å². The first-order chi connectivity index (χ1) is 13.6. The number of rotatable bonds is 7. The van der Waals surface area contributed by atoms with E-state index in [2.05, 4.69) is 0 Å². The monoisotopic (exact) mass is 419 g/mol. The van der Waals surface area contributed by atoms with Crippen LogP contribution >= 0.6 is 0 Å². The molecule has 0 aliphatic carbocycles. The van der Waals surface area contributed by atoms with E-state index in [9.17, 15) is 18.0 Å². The van der Waals surface area contributed by atoms with E-state index < -0.39 is 15.8 Å². The van der Waals surface area contributed by atoms with Gasteiger partial charge in [0, 0.05) is 13.1 Å². The molecule has 0 atom stereocenters. The standard InChI is InChI=1S/C19H21N3O6S/c1-13-3-5-14(6-4-13)27-10-9-21(2)18(23)12-22-16-8-7-15(29(20,25)26)11-17(16)28-19(22)24/h3-8,11H,9-10,12H2,1-2H3,(H2,20,25,26). The minimum absolute atomic E-state index is 0.0414. The van der Waals surface area contributed by atoms with Gasteiger partial charge in [0.05, 0.1) is 17.0 Å². The highest BCUT2D eigenvalue weighted by Gasteiger charge is 2.18. The molecule has 0 aliphatic rings. The molecule has 0 saturated carbocycles. The number of carbonyl (C=O) groups is 1. The zero-order valence-electron chi connectivity index (χ0n) is 16.0. The number of likely N-dealkylation sites (N-methyl/N-ethyl adjacent to an activating group) is 1. The molecule has 10 heteroatoms. The molecule has 1 amide bonds. The van der Waals surface area contributed by atoms with Gasteiger partial charge in [0.2, 0.25) is 15.9 Å². The molecule has 0 unspecified atom stereocenters. The van der Waals surface area contributed by atoms with Crippen molar-refractivity contribution < 1.29 is 22.4 Å². The Morgan fingerprint density at radius 2 is 1.90 bits per heavy atom. The maximum atomic E-state index is 12.5. The molecule has 0 radical (unpaired) electrons. The summed E-state index contributed by atoms with van der Waals surface area (Å²) in [5, 5.41) is 5.08. The number of sulfonamides is 1. The second-order valence-electron chi connectivity index (χ2n) is 6.61. The van der Waals surface area contributed by atoms with Crippen LogP contribution in [0.15, 0.2) is 56.6 Å². The summed E-state index contributed by atoms with van der Waals surface area (Å²) in [6.45, 7) is 2.35. The highest BCUT2D eigenvalue weighted by atomic mass is 32.2. The van der Waals surface area contributed by atoms with E-state index in [0.29, 0.717) is 24.4 Å². The van der Waals surface area contributed by atoms with Gasteiger partial charge in [0.15, 0.2) is 5.58 Å². The molecule has 0 bridgehead atoms. The lowest BCUT2D eigenvalue weighted by Gasteiger charge is -2.17. The quantitative estimate of drug-likeness (QED) is 0.611. The van der Waals surface area contributed by atoms with E-state index in [-0.39, 0.29) is 22.9 Å². The van der Waals surface area contributed by atoms with Gasteiger partial charge in [-0.2, -0.15) is 0 Å². The van der Waals surface area contributed by atoms with Gasteiger partial charge in [-0.3, -0.25) is 9.36 Å². The molecule has 0 fully saturated rings. The van der Waals surface area contributed by atoms with Crippen LogP contribution in [-0.4, -0.2) is 44.0 Å². The van der Waals surface area contributed by atoms with Gasteiger partial charge in [-0.15, -0.1) is 0 Å². The van der Waals surface area contributed by atoms with Gasteiger partial charge in [-0.25, -0.2) is 18.4 Å². The van der Waals surface area contributed by atoms with Crippen LogP contribution in [0.5, 0.6) is 5.75 Å². The normalized spacial score (nSPS) is 11.6. The lowest BCUT2D eigenvalue weighted by Crippen LogP contribution is -2.35. The van der Waals surface area contributed by atoms with Gasteiger partial charge in [-0.05, 0) is 31.2 Å². The molecule has 154 valence electrons. The third-order valence-electron chi connectivity index (χ3n) is 4.40. The zero-order valence-corrected chi connectivity index (χ0v) is 16.8. The van der Waals surface area contributed by atoms with Crippen LogP contribution in [0.25, 0.3) is 11.1 Å². The third-order valence-corrected chi connectivity index (χ3v) is 5.31. The molecule has 3 aromatic rings. The highest BCUT2D eigenvalue weighted by molar-refractivity contribution is 7.89. The van der Waals surface area contributed by atoms with Crippen molar-refractivity contribution in [2.75, 3.05) is 20.2 Å². The van der Waals surface area contributed by atoms with Crippen molar-refractivity contribution in [2.24, 2.45) is 5.14 Å². The summed E-state index contributed by atoms with van der Waals surface area (Å²) in [7, 11) is -2.33. The van der Waals surface area contributed by atoms with E-state index >= 15 is 0 Å². The van der Waals surface area contributed by atoms with Crippen LogP contribution < -0.4 is 15.6 Å². The molecular formula is C19H21N3O6S. The summed E-state index contributed by atoms with van der Waals surface area (Å²) in [5.74, 6) is -0.374. The Hall–Kier alpha value is -3.11. The average Bonchev–Trinajstić information content (AvgIpc) is 2.97. The minimum Gasteiger partial charge on any atom is -0.492 e. The molecule has 9 nitrogen and oxygen atoms in total. The molecule has 0 saturated heterocycles. The number of fused-ring (bicyclic) bond motifs is 1. The van der Waals surface area contributed by atoms with Crippen molar-refractivity contribution in [3.63, 3.8) is 0 Å². The van der Waals surface area contributed by atoms with E-state index in [4.69, 9.17) is 14.3 Å². The van der Waals surface area contributed by atoms with Crippen molar-refractivity contribution >= 4 is 27.0 Å². The molecule has 1 aromatic heterocycles. The number of hydrogen-bond acceptors (Lipinski definition) is 6. The minimum atomic E-state index is -3.93. The lowest BCUT2D eigenvalue weighted by atomic mass is 10.2. The third kappa shape index (κ3) is 4.84. The van der Waals surface area contributed by atoms with E-state index in [1.165, 1.54) is 17.0 Å². The van der Waals surface area contributed by atoms with Crippen LogP contribution in [0.1, 0.15) is 5.56 Å². The summed E-state index contributed by atoms with van der Waals surface area (Å²) in [4.78, 5) is 25.8. The number of primary sulfonamides is 1. The smallest absolute Gasteiger partial charge is 0.420 e. The first-order valence-electron chi connectivity index (χ1n) is 8.75. The molecule has 0 aliphatic heterocycles. The fourth-order valence-corrected chi connectivity index (χ4v) is 3.22. The number of carbonyl (C=O) groups excluding carboxylic acids is 1. The summed E-state index contributed by atoms with van der Waals surface area (Å²) < 4.78 is 34.7. The number of aromatic nitrogens is 1. The van der Waals surface area contributed by atoms with Crippen molar-refractivity contribution in [1.29, 1.82) is 0 Å². The Labute approximate surface area is 167 Å². The first-order valence-corrected chi connectivity index (χ1v) is 10.3. The molecule has 29 heavy (non-hydrogen) atoms. The number of aryl methyl sites for hydroxylation is 1. The van der Waals surface area contributed by atoms with Crippen LogP contribution in [0, 0.1) is 6.92 Å². The Bertz CT molecular complexity index is 1190. The first kappa shape index (κ1) is 20.6. The molecule has 0 spiro atoms. The molecule has 3 rings (SSSR count). The van der Waals surface area contributed by atoms with Gasteiger partial charge in [0.1, 0.15) is 18.9 Å². The Morgan fingerprint density at radius 3 is 2.55 bits per heavy atom. The topological polar surface area (TPSA) is 125 Å². The van der Waals surface area contributed by atoms with Gasteiger partial charge in [-0.1, -0.05) is 17.7 Å². The zero-order chi connectivity index (χ0) is 21.2. The highest BCUT2D eigenvalue weighted by Crippen LogP contribution is 2.18. The second-order valence-corrected chi connectivity index (χ2v) is 8.17. The summed E-state index contributed by atoms with van der Waals surface area (Å²) in [5.41, 5.74) is 1.47. The lowest BCUT2D eigenvalue weighted by molar-refractivity contribution is -0.130. The van der Waals surface area contributed by atoms with Crippen LogP contribution in [0.2, 0.25) is 0 Å². The molecular weight excluding hydrogens is 398 g/mol. The van der Waals surface area contributed by atoms with E-state index in [0.717, 1.165) is 16.2 Å². The number of nitrogens with zero attached hydrogens (tertiary/aromatic N) is 2. The number of nitrogens with two attached hydrogens (primary N) is 1. The Morgan fingerprint density at radius 1 is 1.21 bits per heavy atom. The van der Waals surface area contributed by atoms with E-state index in [1.54, 1.807) is 7.05 Å². The SMILES string of the molecule is Cc1ccc(OCCN(C)C(=O)Cn2c(=O)oc3cc(S(N)(=O)=O)ccc32)cc1. The van der Waals surface area contributed by atoms with Gasteiger partial charge >= 0.3 is 5.76 Å². The second kappa shape index (κ2) is 8.10. The predicted molar refractivity (Wildman–Crippen MR) is 106 cm³/mol. The number of ether oxygens (including phenoxy) is 1. The molecule has 2 aromatic carbocycles. The van der Waals surface area contributed by atoms with Gasteiger partial charge in [0.25, 0.3) is 0 Å². The maximum absolute atomic E-state index is 12.5. The number of oxazole rings is 1. The molecule has 1 heterocycles. The van der Waals surface area contributed by atoms with Crippen LogP contribution in [0.4, 0.5) is 0 Å². The Balaban J connectivity index is 1.66. The summed E-state index contributed by atoms with van der Waals surface area (Å²) >= 11 is 0. The fourth-order valence-electron chi connectivity index (χ4n) is 2.69. The van der Waals surface area contributed by atoms with Crippen molar-refractivity contribution in [3.05, 3.63) is 58.6 Å². The Kier molecular flexibility index (Phi) is 5.76. The average molecular weight is 419 g/mol.